The van der Waals surface area contributed by atoms with Crippen molar-refractivity contribution in [3.8, 4) is 12.3 Å². The highest BCUT2D eigenvalue weighted by molar-refractivity contribution is 5.91. The van der Waals surface area contributed by atoms with Crippen LogP contribution in [0.15, 0.2) is 11.6 Å². The number of hydrogen-bond acceptors (Lipinski definition) is 2. The van der Waals surface area contributed by atoms with Crippen LogP contribution in [0.2, 0.25) is 0 Å². The molecule has 0 saturated heterocycles. The second-order valence-electron chi connectivity index (χ2n) is 8.97. The van der Waals surface area contributed by atoms with Gasteiger partial charge in [-0.3, -0.25) is 4.79 Å². The molecule has 0 amide bonds. The van der Waals surface area contributed by atoms with E-state index in [0.29, 0.717) is 30.0 Å². The minimum absolute atomic E-state index is 0.120. The van der Waals surface area contributed by atoms with Gasteiger partial charge in [0.15, 0.2) is 5.78 Å². The van der Waals surface area contributed by atoms with Crippen LogP contribution in [0.4, 0.5) is 0 Å². The van der Waals surface area contributed by atoms with Crippen LogP contribution < -0.4 is 0 Å². The van der Waals surface area contributed by atoms with Crippen molar-refractivity contribution in [2.45, 2.75) is 70.8 Å². The molecule has 0 spiro atoms. The van der Waals surface area contributed by atoms with Crippen LogP contribution in [0.5, 0.6) is 0 Å². The van der Waals surface area contributed by atoms with Crippen LogP contribution in [0, 0.1) is 40.9 Å². The van der Waals surface area contributed by atoms with E-state index in [1.54, 1.807) is 0 Å². The lowest BCUT2D eigenvalue weighted by Gasteiger charge is -2.58. The van der Waals surface area contributed by atoms with Gasteiger partial charge < -0.3 is 5.11 Å². The molecule has 1 N–H and O–H groups in total. The summed E-state index contributed by atoms with van der Waals surface area (Å²) in [5, 5.41) is 11.0. The van der Waals surface area contributed by atoms with Gasteiger partial charge in [0.1, 0.15) is 5.60 Å². The molecule has 0 aromatic heterocycles. The fourth-order valence-electron chi connectivity index (χ4n) is 6.81. The zero-order valence-corrected chi connectivity index (χ0v) is 14.4. The van der Waals surface area contributed by atoms with Gasteiger partial charge in [-0.05, 0) is 74.2 Å². The van der Waals surface area contributed by atoms with Gasteiger partial charge in [-0.15, -0.1) is 6.42 Å². The van der Waals surface area contributed by atoms with Crippen LogP contribution in [0.1, 0.15) is 65.2 Å². The summed E-state index contributed by atoms with van der Waals surface area (Å²) in [5.74, 6) is 4.93. The van der Waals surface area contributed by atoms with Crippen molar-refractivity contribution in [3.05, 3.63) is 11.6 Å². The van der Waals surface area contributed by atoms with E-state index < -0.39 is 5.60 Å². The summed E-state index contributed by atoms with van der Waals surface area (Å²) in [7, 11) is 0. The molecule has 2 heteroatoms. The second kappa shape index (κ2) is 4.73. The number of carbonyl (C=O) groups excluding carboxylic acids is 1. The maximum Gasteiger partial charge on any atom is 0.155 e. The Bertz CT molecular complexity index is 626. The lowest BCUT2D eigenvalue weighted by molar-refractivity contribution is -0.119. The van der Waals surface area contributed by atoms with Crippen LogP contribution in [-0.2, 0) is 4.79 Å². The number of fused-ring (bicyclic) bond motifs is 5. The topological polar surface area (TPSA) is 37.3 Å². The molecule has 0 aliphatic heterocycles. The van der Waals surface area contributed by atoms with E-state index in [1.165, 1.54) is 12.0 Å². The van der Waals surface area contributed by atoms with Gasteiger partial charge in [-0.25, -0.2) is 0 Å². The maximum absolute atomic E-state index is 11.8. The van der Waals surface area contributed by atoms with Crippen molar-refractivity contribution in [3.63, 3.8) is 0 Å². The van der Waals surface area contributed by atoms with E-state index in [1.807, 2.05) is 6.08 Å². The first kappa shape index (κ1) is 15.5. The first-order valence-corrected chi connectivity index (χ1v) is 9.28. The molecule has 3 saturated carbocycles. The molecule has 0 heterocycles. The van der Waals surface area contributed by atoms with Gasteiger partial charge >= 0.3 is 0 Å². The molecule has 23 heavy (non-hydrogen) atoms. The fourth-order valence-corrected chi connectivity index (χ4v) is 6.81. The largest absolute Gasteiger partial charge is 0.377 e. The van der Waals surface area contributed by atoms with Crippen molar-refractivity contribution in [2.75, 3.05) is 0 Å². The highest BCUT2D eigenvalue weighted by Crippen LogP contribution is 2.67. The van der Waals surface area contributed by atoms with E-state index in [0.717, 1.165) is 38.5 Å². The molecule has 0 aromatic rings. The summed E-state index contributed by atoms with van der Waals surface area (Å²) in [6, 6.07) is 0. The predicted molar refractivity (Wildman–Crippen MR) is 90.5 cm³/mol. The molecule has 0 aromatic carbocycles. The molecule has 6 atom stereocenters. The zero-order valence-electron chi connectivity index (χ0n) is 14.4. The molecule has 0 radical (unpaired) electrons. The number of ketones is 1. The lowest BCUT2D eigenvalue weighted by atomic mass is 9.46. The van der Waals surface area contributed by atoms with Gasteiger partial charge in [-0.1, -0.05) is 25.3 Å². The van der Waals surface area contributed by atoms with E-state index in [2.05, 4.69) is 19.8 Å². The standard InChI is InChI=1S/C21H28O2/c1-4-21(23)12-9-18-16-6-5-14-13-15(22)7-10-19(14,2)17(16)8-11-20(18,21)3/h1,13,16-18,23H,5-12H2,2-3H3/t16-,17+,18-,19+,20-,21-/m1/s1. The van der Waals surface area contributed by atoms with Crippen molar-refractivity contribution < 1.29 is 9.90 Å². The summed E-state index contributed by atoms with van der Waals surface area (Å²) >= 11 is 0. The summed E-state index contributed by atoms with van der Waals surface area (Å²) in [4.78, 5) is 11.8. The SMILES string of the molecule is C#C[C@@]1(O)CC[C@@H]2[C@@H]3CCC4=CC(=O)CC[C@]4(C)[C@H]3CC[C@]21C. The molecular weight excluding hydrogens is 284 g/mol. The third-order valence-electron chi connectivity index (χ3n) is 8.35. The van der Waals surface area contributed by atoms with Crippen molar-refractivity contribution in [2.24, 2.45) is 28.6 Å². The van der Waals surface area contributed by atoms with Crippen LogP contribution in [0.25, 0.3) is 0 Å². The first-order valence-electron chi connectivity index (χ1n) is 9.28. The molecule has 0 bridgehead atoms. The van der Waals surface area contributed by atoms with E-state index in [9.17, 15) is 9.90 Å². The summed E-state index contributed by atoms with van der Waals surface area (Å²) < 4.78 is 0. The smallest absolute Gasteiger partial charge is 0.155 e. The van der Waals surface area contributed by atoms with E-state index in [-0.39, 0.29) is 10.8 Å². The Morgan fingerprint density at radius 2 is 1.87 bits per heavy atom. The normalized spacial score (nSPS) is 52.0. The molecule has 3 fully saturated rings. The third-order valence-corrected chi connectivity index (χ3v) is 8.35. The summed E-state index contributed by atoms with van der Waals surface area (Å²) in [6.45, 7) is 4.63. The third kappa shape index (κ3) is 1.84. The Morgan fingerprint density at radius 1 is 1.13 bits per heavy atom. The number of allylic oxidation sites excluding steroid dienone is 1. The molecule has 4 aliphatic carbocycles. The van der Waals surface area contributed by atoms with Gasteiger partial charge in [0.2, 0.25) is 0 Å². The number of carbonyl (C=O) groups is 1. The Kier molecular flexibility index (Phi) is 3.18. The summed E-state index contributed by atoms with van der Waals surface area (Å²) in [5.41, 5.74) is 0.575. The lowest BCUT2D eigenvalue weighted by Crippen LogP contribution is -2.54. The molecule has 4 rings (SSSR count). The molecule has 0 unspecified atom stereocenters. The Labute approximate surface area is 139 Å². The number of terminal acetylenes is 1. The number of aliphatic hydroxyl groups is 1. The monoisotopic (exact) mass is 312 g/mol. The van der Waals surface area contributed by atoms with E-state index in [4.69, 9.17) is 6.42 Å². The zero-order chi connectivity index (χ0) is 16.5. The Morgan fingerprint density at radius 3 is 2.61 bits per heavy atom. The highest BCUT2D eigenvalue weighted by Gasteiger charge is 2.63. The quantitative estimate of drug-likeness (QED) is 0.689. The molecule has 124 valence electrons. The summed E-state index contributed by atoms with van der Waals surface area (Å²) in [6.07, 6.45) is 15.6. The van der Waals surface area contributed by atoms with Crippen LogP contribution in [-0.4, -0.2) is 16.5 Å². The molecule has 2 nitrogen and oxygen atoms in total. The minimum atomic E-state index is -0.914. The fraction of sp³-hybridized carbons (Fsp3) is 0.762. The van der Waals surface area contributed by atoms with Gasteiger partial charge in [0, 0.05) is 11.8 Å². The second-order valence-corrected chi connectivity index (χ2v) is 8.97. The molecule has 4 aliphatic rings. The maximum atomic E-state index is 11.8. The van der Waals surface area contributed by atoms with Crippen LogP contribution >= 0.6 is 0 Å². The van der Waals surface area contributed by atoms with Crippen molar-refractivity contribution in [1.82, 2.24) is 0 Å². The number of rotatable bonds is 0. The van der Waals surface area contributed by atoms with E-state index >= 15 is 0 Å². The predicted octanol–water partition coefficient (Wildman–Crippen LogP) is 3.88. The minimum Gasteiger partial charge on any atom is -0.377 e. The van der Waals surface area contributed by atoms with Gasteiger partial charge in [-0.2, -0.15) is 0 Å². The average molecular weight is 312 g/mol. The van der Waals surface area contributed by atoms with Gasteiger partial charge in [0.25, 0.3) is 0 Å². The number of hydrogen-bond donors (Lipinski definition) is 1. The van der Waals surface area contributed by atoms with Crippen molar-refractivity contribution >= 4 is 5.78 Å². The Hall–Kier alpha value is -1.07. The van der Waals surface area contributed by atoms with Crippen molar-refractivity contribution in [1.29, 1.82) is 0 Å². The first-order chi connectivity index (χ1) is 10.8. The average Bonchev–Trinajstić information content (AvgIpc) is 2.80. The highest BCUT2D eigenvalue weighted by atomic mass is 16.3. The molecular formula is C21H28O2. The van der Waals surface area contributed by atoms with Crippen LogP contribution in [0.3, 0.4) is 0 Å². The Balaban J connectivity index is 1.70. The van der Waals surface area contributed by atoms with Gasteiger partial charge in [0.05, 0.1) is 0 Å².